The van der Waals surface area contributed by atoms with E-state index in [1.807, 2.05) is 24.3 Å². The third-order valence-corrected chi connectivity index (χ3v) is 3.08. The summed E-state index contributed by atoms with van der Waals surface area (Å²) in [5, 5.41) is 5.87. The second kappa shape index (κ2) is 6.28. The lowest BCUT2D eigenvalue weighted by molar-refractivity contribution is 0.223. The van der Waals surface area contributed by atoms with Crippen molar-refractivity contribution in [3.63, 3.8) is 0 Å². The predicted molar refractivity (Wildman–Crippen MR) is 70.7 cm³/mol. The van der Waals surface area contributed by atoms with Gasteiger partial charge in [-0.2, -0.15) is 0 Å². The minimum absolute atomic E-state index is 0.0524. The molecule has 1 atom stereocenters. The number of amides is 2. The lowest BCUT2D eigenvalue weighted by Gasteiger charge is -2.26. The number of unbranched alkanes of at least 4 members (excludes halogenated alkanes) is 1. The molecule has 1 aliphatic rings. The van der Waals surface area contributed by atoms with Crippen molar-refractivity contribution in [2.24, 2.45) is 0 Å². The zero-order chi connectivity index (χ0) is 12.8. The molecule has 1 aromatic rings. The molecular formula is C14H20N2O2. The number of rotatable bonds is 4. The molecule has 2 amide bonds. The normalized spacial score (nSPS) is 17.5. The molecule has 0 fully saturated rings. The van der Waals surface area contributed by atoms with Crippen LogP contribution in [-0.4, -0.2) is 19.2 Å². The summed E-state index contributed by atoms with van der Waals surface area (Å²) in [6.45, 7) is 3.48. The van der Waals surface area contributed by atoms with Gasteiger partial charge in [0.1, 0.15) is 5.75 Å². The molecule has 98 valence electrons. The van der Waals surface area contributed by atoms with Gasteiger partial charge in [-0.05, 0) is 12.5 Å². The second-order valence-corrected chi connectivity index (χ2v) is 4.48. The van der Waals surface area contributed by atoms with Crippen molar-refractivity contribution in [2.75, 3.05) is 13.2 Å². The summed E-state index contributed by atoms with van der Waals surface area (Å²) in [6.07, 6.45) is 2.91. The van der Waals surface area contributed by atoms with Gasteiger partial charge in [0, 0.05) is 18.5 Å². The van der Waals surface area contributed by atoms with Gasteiger partial charge < -0.3 is 15.4 Å². The van der Waals surface area contributed by atoms with Gasteiger partial charge in [-0.3, -0.25) is 0 Å². The van der Waals surface area contributed by atoms with Gasteiger partial charge >= 0.3 is 6.03 Å². The topological polar surface area (TPSA) is 50.4 Å². The van der Waals surface area contributed by atoms with Gasteiger partial charge in [-0.15, -0.1) is 0 Å². The molecule has 0 radical (unpaired) electrons. The van der Waals surface area contributed by atoms with E-state index in [0.717, 1.165) is 37.1 Å². The monoisotopic (exact) mass is 248 g/mol. The van der Waals surface area contributed by atoms with Gasteiger partial charge in [-0.1, -0.05) is 31.5 Å². The molecule has 0 spiro atoms. The largest absolute Gasteiger partial charge is 0.493 e. The van der Waals surface area contributed by atoms with Crippen LogP contribution >= 0.6 is 0 Å². The van der Waals surface area contributed by atoms with Crippen LogP contribution in [0.2, 0.25) is 0 Å². The number of nitrogens with one attached hydrogen (secondary N) is 2. The Kier molecular flexibility index (Phi) is 4.45. The summed E-state index contributed by atoms with van der Waals surface area (Å²) >= 11 is 0. The predicted octanol–water partition coefficient (Wildman–Crippen LogP) is 2.61. The van der Waals surface area contributed by atoms with Crippen LogP contribution in [0.25, 0.3) is 0 Å². The highest BCUT2D eigenvalue weighted by atomic mass is 16.5. The molecule has 2 N–H and O–H groups in total. The van der Waals surface area contributed by atoms with Crippen molar-refractivity contribution >= 4 is 6.03 Å². The third kappa shape index (κ3) is 3.15. The van der Waals surface area contributed by atoms with E-state index in [1.165, 1.54) is 0 Å². The van der Waals surface area contributed by atoms with E-state index in [0.29, 0.717) is 6.61 Å². The fraction of sp³-hybridized carbons (Fsp3) is 0.500. The Hall–Kier alpha value is -1.71. The van der Waals surface area contributed by atoms with E-state index in [-0.39, 0.29) is 12.1 Å². The molecule has 2 rings (SSSR count). The SMILES string of the molecule is CCCCNC(=O)NC1CCOc2ccccc21. The minimum Gasteiger partial charge on any atom is -0.493 e. The van der Waals surface area contributed by atoms with Crippen molar-refractivity contribution in [3.8, 4) is 5.75 Å². The summed E-state index contributed by atoms with van der Waals surface area (Å²) < 4.78 is 5.56. The molecule has 1 aliphatic heterocycles. The molecule has 1 aromatic carbocycles. The van der Waals surface area contributed by atoms with Crippen LogP contribution in [-0.2, 0) is 0 Å². The molecule has 0 aliphatic carbocycles. The average Bonchev–Trinajstić information content (AvgIpc) is 2.39. The third-order valence-electron chi connectivity index (χ3n) is 3.08. The average molecular weight is 248 g/mol. The molecule has 18 heavy (non-hydrogen) atoms. The summed E-state index contributed by atoms with van der Waals surface area (Å²) in [5.41, 5.74) is 1.06. The van der Waals surface area contributed by atoms with Crippen LogP contribution in [0, 0.1) is 0 Å². The molecular weight excluding hydrogens is 228 g/mol. The van der Waals surface area contributed by atoms with Crippen LogP contribution < -0.4 is 15.4 Å². The molecule has 1 heterocycles. The number of benzene rings is 1. The number of ether oxygens (including phenoxy) is 1. The summed E-state index contributed by atoms with van der Waals surface area (Å²) in [6, 6.07) is 7.82. The van der Waals surface area contributed by atoms with E-state index in [4.69, 9.17) is 4.74 Å². The first-order chi connectivity index (χ1) is 8.81. The molecule has 0 bridgehead atoms. The first-order valence-corrected chi connectivity index (χ1v) is 6.57. The zero-order valence-electron chi connectivity index (χ0n) is 10.7. The van der Waals surface area contributed by atoms with Crippen LogP contribution in [0.5, 0.6) is 5.75 Å². The van der Waals surface area contributed by atoms with Gasteiger partial charge in [-0.25, -0.2) is 4.79 Å². The van der Waals surface area contributed by atoms with Gasteiger partial charge in [0.2, 0.25) is 0 Å². The van der Waals surface area contributed by atoms with E-state index in [2.05, 4.69) is 17.6 Å². The lowest BCUT2D eigenvalue weighted by atomic mass is 10.0. The maximum Gasteiger partial charge on any atom is 0.315 e. The fourth-order valence-electron chi connectivity index (χ4n) is 2.08. The first kappa shape index (κ1) is 12.7. The van der Waals surface area contributed by atoms with Crippen LogP contribution in [0.1, 0.15) is 37.8 Å². The van der Waals surface area contributed by atoms with E-state index >= 15 is 0 Å². The lowest BCUT2D eigenvalue weighted by Crippen LogP contribution is -2.39. The minimum atomic E-state index is -0.0925. The molecule has 0 saturated carbocycles. The number of urea groups is 1. The Morgan fingerprint density at radius 2 is 2.28 bits per heavy atom. The maximum atomic E-state index is 11.7. The van der Waals surface area contributed by atoms with Gasteiger partial charge in [0.15, 0.2) is 0 Å². The molecule has 4 heteroatoms. The van der Waals surface area contributed by atoms with Gasteiger partial charge in [0.05, 0.1) is 12.6 Å². The quantitative estimate of drug-likeness (QED) is 0.805. The highest BCUT2D eigenvalue weighted by Gasteiger charge is 2.22. The summed E-state index contributed by atoms with van der Waals surface area (Å²) in [4.78, 5) is 11.7. The Bertz CT molecular complexity index is 407. The van der Waals surface area contributed by atoms with Gasteiger partial charge in [0.25, 0.3) is 0 Å². The molecule has 0 aromatic heterocycles. The molecule has 1 unspecified atom stereocenters. The Morgan fingerprint density at radius 3 is 3.11 bits per heavy atom. The van der Waals surface area contributed by atoms with E-state index < -0.39 is 0 Å². The highest BCUT2D eigenvalue weighted by molar-refractivity contribution is 5.74. The van der Waals surface area contributed by atoms with Crippen LogP contribution in [0.4, 0.5) is 4.79 Å². The summed E-state index contributed by atoms with van der Waals surface area (Å²) in [7, 11) is 0. The highest BCUT2D eigenvalue weighted by Crippen LogP contribution is 2.31. The second-order valence-electron chi connectivity index (χ2n) is 4.48. The molecule has 0 saturated heterocycles. The van der Waals surface area contributed by atoms with Crippen LogP contribution in [0.3, 0.4) is 0 Å². The van der Waals surface area contributed by atoms with Crippen molar-refractivity contribution in [1.82, 2.24) is 10.6 Å². The van der Waals surface area contributed by atoms with Crippen molar-refractivity contribution in [1.29, 1.82) is 0 Å². The zero-order valence-corrected chi connectivity index (χ0v) is 10.7. The Labute approximate surface area is 108 Å². The Balaban J connectivity index is 1.92. The number of hydrogen-bond acceptors (Lipinski definition) is 2. The van der Waals surface area contributed by atoms with E-state index in [9.17, 15) is 4.79 Å². The maximum absolute atomic E-state index is 11.7. The standard InChI is InChI=1S/C14H20N2O2/c1-2-3-9-15-14(17)16-12-8-10-18-13-7-5-4-6-11(12)13/h4-7,12H,2-3,8-10H2,1H3,(H2,15,16,17). The number of para-hydroxylation sites is 1. The molecule has 4 nitrogen and oxygen atoms in total. The van der Waals surface area contributed by atoms with Crippen molar-refractivity contribution < 1.29 is 9.53 Å². The Morgan fingerprint density at radius 1 is 1.44 bits per heavy atom. The fourth-order valence-corrected chi connectivity index (χ4v) is 2.08. The number of carbonyl (C=O) groups excluding carboxylic acids is 1. The number of fused-ring (bicyclic) bond motifs is 1. The smallest absolute Gasteiger partial charge is 0.315 e. The number of hydrogen-bond donors (Lipinski definition) is 2. The van der Waals surface area contributed by atoms with Crippen molar-refractivity contribution in [2.45, 2.75) is 32.2 Å². The van der Waals surface area contributed by atoms with E-state index in [1.54, 1.807) is 0 Å². The summed E-state index contributed by atoms with van der Waals surface area (Å²) in [5.74, 6) is 0.877. The van der Waals surface area contributed by atoms with Crippen LogP contribution in [0.15, 0.2) is 24.3 Å². The first-order valence-electron chi connectivity index (χ1n) is 6.57. The number of carbonyl (C=O) groups is 1. The van der Waals surface area contributed by atoms with Crippen molar-refractivity contribution in [3.05, 3.63) is 29.8 Å².